The summed E-state index contributed by atoms with van der Waals surface area (Å²) in [5.41, 5.74) is 3.91. The van der Waals surface area contributed by atoms with Crippen molar-refractivity contribution in [2.24, 2.45) is 0 Å². The zero-order valence-corrected chi connectivity index (χ0v) is 17.5. The highest BCUT2D eigenvalue weighted by molar-refractivity contribution is 5.81. The van der Waals surface area contributed by atoms with E-state index >= 15 is 0 Å². The number of pyridine rings is 1. The summed E-state index contributed by atoms with van der Waals surface area (Å²) in [6.45, 7) is 2.24. The molecule has 1 aromatic heterocycles. The molecular weight excluding hydrogens is 392 g/mol. The average molecular weight is 418 g/mol. The van der Waals surface area contributed by atoms with Gasteiger partial charge in [-0.25, -0.2) is 4.98 Å². The fraction of sp³-hybridized carbons (Fsp3) is 0.240. The normalized spacial score (nSPS) is 10.4. The van der Waals surface area contributed by atoms with E-state index in [0.29, 0.717) is 25.5 Å². The van der Waals surface area contributed by atoms with Crippen LogP contribution in [-0.4, -0.2) is 36.6 Å². The zero-order valence-electron chi connectivity index (χ0n) is 17.5. The van der Waals surface area contributed by atoms with E-state index in [1.807, 2.05) is 72.8 Å². The van der Waals surface area contributed by atoms with E-state index in [0.717, 1.165) is 22.4 Å². The fourth-order valence-corrected chi connectivity index (χ4v) is 3.01. The molecule has 3 aromatic rings. The maximum atomic E-state index is 11.9. The molecule has 0 bridgehead atoms. The molecule has 0 unspecified atom stereocenters. The van der Waals surface area contributed by atoms with Crippen molar-refractivity contribution in [1.29, 1.82) is 0 Å². The van der Waals surface area contributed by atoms with Crippen LogP contribution >= 0.6 is 0 Å². The number of nitrogens with zero attached hydrogens (tertiary/aromatic N) is 1. The van der Waals surface area contributed by atoms with Gasteiger partial charge in [0.25, 0.3) is 0 Å². The number of amides is 1. The molecule has 1 heterocycles. The zero-order chi connectivity index (χ0) is 21.9. The summed E-state index contributed by atoms with van der Waals surface area (Å²) in [6, 6.07) is 23.9. The van der Waals surface area contributed by atoms with Crippen molar-refractivity contribution in [2.45, 2.75) is 19.8 Å². The molecule has 0 aliphatic heterocycles. The van der Waals surface area contributed by atoms with Gasteiger partial charge in [-0.15, -0.1) is 0 Å². The van der Waals surface area contributed by atoms with Crippen molar-refractivity contribution in [3.05, 3.63) is 72.8 Å². The summed E-state index contributed by atoms with van der Waals surface area (Å²) in [7, 11) is 0. The Labute approximate surface area is 182 Å². The minimum atomic E-state index is -0.442. The van der Waals surface area contributed by atoms with Crippen molar-refractivity contribution in [3.63, 3.8) is 0 Å². The van der Waals surface area contributed by atoms with Gasteiger partial charge in [0, 0.05) is 18.1 Å². The van der Waals surface area contributed by atoms with Gasteiger partial charge in [-0.3, -0.25) is 9.59 Å². The van der Waals surface area contributed by atoms with E-state index in [1.165, 1.54) is 0 Å². The standard InChI is InChI=1S/C25H26N2O4/c1-2-30-25(29)18-26-23(28)14-9-15-31-24-17-21(19-10-5-3-6-11-19)16-22(27-24)20-12-7-4-8-13-20/h3-8,10-13,16-17H,2,9,14-15,18H2,1H3,(H,26,28). The SMILES string of the molecule is CCOC(=O)CNC(=O)CCCOc1cc(-c2ccccc2)cc(-c2ccccc2)n1. The summed E-state index contributed by atoms with van der Waals surface area (Å²) in [6.07, 6.45) is 0.760. The molecular formula is C25H26N2O4. The van der Waals surface area contributed by atoms with Gasteiger partial charge in [0.1, 0.15) is 6.54 Å². The van der Waals surface area contributed by atoms with Crippen LogP contribution < -0.4 is 10.1 Å². The summed E-state index contributed by atoms with van der Waals surface area (Å²) >= 11 is 0. The number of hydrogen-bond acceptors (Lipinski definition) is 5. The molecule has 0 spiro atoms. The monoisotopic (exact) mass is 418 g/mol. The van der Waals surface area contributed by atoms with Gasteiger partial charge in [-0.05, 0) is 30.5 Å². The largest absolute Gasteiger partial charge is 0.478 e. The van der Waals surface area contributed by atoms with E-state index in [4.69, 9.17) is 9.47 Å². The number of ether oxygens (including phenoxy) is 2. The van der Waals surface area contributed by atoms with Crippen molar-refractivity contribution in [3.8, 4) is 28.3 Å². The first kappa shape index (κ1) is 22.0. The lowest BCUT2D eigenvalue weighted by molar-refractivity contribution is -0.143. The van der Waals surface area contributed by atoms with E-state index in [9.17, 15) is 9.59 Å². The Kier molecular flexibility index (Phi) is 8.17. The minimum absolute atomic E-state index is 0.116. The van der Waals surface area contributed by atoms with Gasteiger partial charge in [0.15, 0.2) is 0 Å². The van der Waals surface area contributed by atoms with Crippen LogP contribution in [0.1, 0.15) is 19.8 Å². The molecule has 0 aliphatic rings. The predicted molar refractivity (Wildman–Crippen MR) is 119 cm³/mol. The number of carbonyl (C=O) groups is 2. The number of rotatable bonds is 10. The smallest absolute Gasteiger partial charge is 0.325 e. The van der Waals surface area contributed by atoms with Gasteiger partial charge in [0.05, 0.1) is 18.9 Å². The maximum absolute atomic E-state index is 11.9. The second-order valence-electron chi connectivity index (χ2n) is 6.85. The Hall–Kier alpha value is -3.67. The summed E-state index contributed by atoms with van der Waals surface area (Å²) in [5, 5.41) is 2.54. The molecule has 0 atom stereocenters. The van der Waals surface area contributed by atoms with Gasteiger partial charge < -0.3 is 14.8 Å². The molecule has 0 saturated carbocycles. The lowest BCUT2D eigenvalue weighted by atomic mass is 10.0. The van der Waals surface area contributed by atoms with Crippen molar-refractivity contribution in [1.82, 2.24) is 10.3 Å². The second kappa shape index (κ2) is 11.5. The molecule has 0 fully saturated rings. The third kappa shape index (κ3) is 6.96. The van der Waals surface area contributed by atoms with Crippen LogP contribution in [0.2, 0.25) is 0 Å². The molecule has 0 aliphatic carbocycles. The highest BCUT2D eigenvalue weighted by Gasteiger charge is 2.09. The maximum Gasteiger partial charge on any atom is 0.325 e. The van der Waals surface area contributed by atoms with E-state index < -0.39 is 5.97 Å². The number of esters is 1. The quantitative estimate of drug-likeness (QED) is 0.393. The molecule has 1 amide bonds. The van der Waals surface area contributed by atoms with Crippen LogP contribution in [0.15, 0.2) is 72.8 Å². The van der Waals surface area contributed by atoms with Gasteiger partial charge in [-0.2, -0.15) is 0 Å². The van der Waals surface area contributed by atoms with Crippen LogP contribution in [0.3, 0.4) is 0 Å². The Morgan fingerprint density at radius 3 is 2.26 bits per heavy atom. The molecule has 31 heavy (non-hydrogen) atoms. The van der Waals surface area contributed by atoms with Crippen LogP contribution in [0.4, 0.5) is 0 Å². The Morgan fingerprint density at radius 2 is 1.58 bits per heavy atom. The summed E-state index contributed by atoms with van der Waals surface area (Å²) < 4.78 is 10.6. The molecule has 1 N–H and O–H groups in total. The topological polar surface area (TPSA) is 77.5 Å². The van der Waals surface area contributed by atoms with Crippen molar-refractivity contribution >= 4 is 11.9 Å². The van der Waals surface area contributed by atoms with E-state index in [1.54, 1.807) is 6.92 Å². The number of carbonyl (C=O) groups excluding carboxylic acids is 2. The summed E-state index contributed by atoms with van der Waals surface area (Å²) in [4.78, 5) is 27.8. The first-order chi connectivity index (χ1) is 15.2. The highest BCUT2D eigenvalue weighted by Crippen LogP contribution is 2.28. The third-order valence-corrected chi connectivity index (χ3v) is 4.51. The van der Waals surface area contributed by atoms with Crippen LogP contribution in [0, 0.1) is 0 Å². The first-order valence-corrected chi connectivity index (χ1v) is 10.3. The summed E-state index contributed by atoms with van der Waals surface area (Å²) in [5.74, 6) is -0.151. The van der Waals surface area contributed by atoms with E-state index in [-0.39, 0.29) is 18.9 Å². The molecule has 160 valence electrons. The molecule has 0 saturated heterocycles. The number of benzene rings is 2. The third-order valence-electron chi connectivity index (χ3n) is 4.51. The van der Waals surface area contributed by atoms with E-state index in [2.05, 4.69) is 10.3 Å². The van der Waals surface area contributed by atoms with Gasteiger partial charge >= 0.3 is 5.97 Å². The second-order valence-corrected chi connectivity index (χ2v) is 6.85. The lowest BCUT2D eigenvalue weighted by Crippen LogP contribution is -2.30. The Balaban J connectivity index is 1.63. The lowest BCUT2D eigenvalue weighted by Gasteiger charge is -2.11. The molecule has 2 aromatic carbocycles. The molecule has 3 rings (SSSR count). The first-order valence-electron chi connectivity index (χ1n) is 10.3. The average Bonchev–Trinajstić information content (AvgIpc) is 2.82. The van der Waals surface area contributed by atoms with Crippen LogP contribution in [0.25, 0.3) is 22.4 Å². The Bertz CT molecular complexity index is 933. The minimum Gasteiger partial charge on any atom is -0.478 e. The number of aromatic nitrogens is 1. The number of hydrogen-bond donors (Lipinski definition) is 1. The van der Waals surface area contributed by atoms with Crippen LogP contribution in [-0.2, 0) is 14.3 Å². The molecule has 0 radical (unpaired) electrons. The van der Waals surface area contributed by atoms with Gasteiger partial charge in [0.2, 0.25) is 11.8 Å². The Morgan fingerprint density at radius 1 is 0.903 bits per heavy atom. The molecule has 6 heteroatoms. The number of nitrogens with one attached hydrogen (secondary N) is 1. The fourth-order valence-electron chi connectivity index (χ4n) is 3.01. The van der Waals surface area contributed by atoms with Crippen LogP contribution in [0.5, 0.6) is 5.88 Å². The highest BCUT2D eigenvalue weighted by atomic mass is 16.5. The van der Waals surface area contributed by atoms with Crippen molar-refractivity contribution in [2.75, 3.05) is 19.8 Å². The van der Waals surface area contributed by atoms with Gasteiger partial charge in [-0.1, -0.05) is 60.7 Å². The predicted octanol–water partition coefficient (Wildman–Crippen LogP) is 4.25. The van der Waals surface area contributed by atoms with Crippen molar-refractivity contribution < 1.29 is 19.1 Å². The molecule has 6 nitrogen and oxygen atoms in total.